The van der Waals surface area contributed by atoms with Gasteiger partial charge in [-0.2, -0.15) is 5.01 Å². The Balaban J connectivity index is 1.41. The Kier molecular flexibility index (Phi) is 3.78. The lowest BCUT2D eigenvalue weighted by Crippen LogP contribution is -2.51. The third kappa shape index (κ3) is 2.60. The largest absolute Gasteiger partial charge is 0.481 e. The van der Waals surface area contributed by atoms with Crippen LogP contribution >= 0.6 is 0 Å². The number of rotatable bonds is 4. The van der Waals surface area contributed by atoms with E-state index in [-0.39, 0.29) is 23.7 Å². The molecule has 2 bridgehead atoms. The molecular weight excluding hydrogens is 320 g/mol. The van der Waals surface area contributed by atoms with Crippen LogP contribution in [0.5, 0.6) is 5.75 Å². The average Bonchev–Trinajstić information content (AvgIpc) is 3.26. The Bertz CT molecular complexity index is 701. The van der Waals surface area contributed by atoms with Crippen molar-refractivity contribution in [3.8, 4) is 5.75 Å². The lowest BCUT2D eigenvalue weighted by molar-refractivity contribution is -0.151. The zero-order valence-electron chi connectivity index (χ0n) is 14.4. The Labute approximate surface area is 146 Å². The van der Waals surface area contributed by atoms with Crippen molar-refractivity contribution in [2.45, 2.75) is 39.2 Å². The summed E-state index contributed by atoms with van der Waals surface area (Å²) >= 11 is 0. The molecule has 6 nitrogen and oxygen atoms in total. The maximum atomic E-state index is 12.6. The minimum Gasteiger partial charge on any atom is -0.481 e. The van der Waals surface area contributed by atoms with E-state index in [1.807, 2.05) is 19.1 Å². The third-order valence-corrected chi connectivity index (χ3v) is 5.85. The van der Waals surface area contributed by atoms with Gasteiger partial charge in [-0.25, -0.2) is 0 Å². The predicted octanol–water partition coefficient (Wildman–Crippen LogP) is 1.82. The summed E-state index contributed by atoms with van der Waals surface area (Å²) in [4.78, 5) is 37.6. The molecule has 4 rings (SSSR count). The van der Waals surface area contributed by atoms with Gasteiger partial charge >= 0.3 is 0 Å². The number of amides is 3. The number of hydrazine groups is 1. The van der Waals surface area contributed by atoms with Gasteiger partial charge in [0.15, 0.2) is 6.10 Å². The van der Waals surface area contributed by atoms with Crippen molar-refractivity contribution in [1.82, 2.24) is 10.4 Å². The van der Waals surface area contributed by atoms with E-state index in [2.05, 4.69) is 5.43 Å². The summed E-state index contributed by atoms with van der Waals surface area (Å²) in [6, 6.07) is 7.36. The normalized spacial score (nSPS) is 31.2. The molecule has 1 aromatic carbocycles. The first-order valence-corrected chi connectivity index (χ1v) is 8.87. The van der Waals surface area contributed by atoms with Crippen molar-refractivity contribution >= 4 is 17.7 Å². The molecule has 2 saturated carbocycles. The Morgan fingerprint density at radius 2 is 1.68 bits per heavy atom. The Hall–Kier alpha value is -2.37. The topological polar surface area (TPSA) is 75.7 Å². The first kappa shape index (κ1) is 16.1. The first-order chi connectivity index (χ1) is 12.0. The highest BCUT2D eigenvalue weighted by atomic mass is 16.5. The van der Waals surface area contributed by atoms with Gasteiger partial charge in [0, 0.05) is 0 Å². The number of hydrogen-bond donors (Lipinski definition) is 1. The molecule has 5 atom stereocenters. The Morgan fingerprint density at radius 1 is 1.12 bits per heavy atom. The molecule has 6 heteroatoms. The maximum absolute atomic E-state index is 12.6. The SMILES string of the molecule is Cc1ccc(O[C@H](C)C(=O)NN2C(=O)[C@H]3[C@H]4CC[C@@H](C4)[C@@H]3C2=O)cc1. The summed E-state index contributed by atoms with van der Waals surface area (Å²) in [5.74, 6) is -0.295. The molecule has 3 aliphatic rings. The molecule has 3 amide bonds. The second-order valence-electron chi connectivity index (χ2n) is 7.45. The number of aryl methyl sites for hydroxylation is 1. The number of carbonyl (C=O) groups is 3. The summed E-state index contributed by atoms with van der Waals surface area (Å²) in [6.45, 7) is 3.57. The first-order valence-electron chi connectivity index (χ1n) is 8.87. The molecule has 1 saturated heterocycles. The molecule has 0 spiro atoms. The average molecular weight is 342 g/mol. The van der Waals surface area contributed by atoms with Crippen molar-refractivity contribution in [2.75, 3.05) is 0 Å². The van der Waals surface area contributed by atoms with Crippen LogP contribution in [0, 0.1) is 30.6 Å². The zero-order valence-corrected chi connectivity index (χ0v) is 14.4. The molecular formula is C19H22N2O4. The van der Waals surface area contributed by atoms with Gasteiger partial charge in [0.1, 0.15) is 5.75 Å². The molecule has 2 aliphatic carbocycles. The summed E-state index contributed by atoms with van der Waals surface area (Å²) < 4.78 is 5.60. The highest BCUT2D eigenvalue weighted by Crippen LogP contribution is 2.55. The van der Waals surface area contributed by atoms with Crippen LogP contribution in [0.4, 0.5) is 0 Å². The number of nitrogens with zero attached hydrogens (tertiary/aromatic N) is 1. The summed E-state index contributed by atoms with van der Waals surface area (Å²) in [5, 5.41) is 0.942. The molecule has 132 valence electrons. The number of hydrogen-bond acceptors (Lipinski definition) is 4. The van der Waals surface area contributed by atoms with Crippen molar-refractivity contribution in [2.24, 2.45) is 23.7 Å². The zero-order chi connectivity index (χ0) is 17.7. The minimum absolute atomic E-state index is 0.236. The number of fused-ring (bicyclic) bond motifs is 5. The molecule has 0 unspecified atom stereocenters. The minimum atomic E-state index is -0.805. The molecule has 0 aromatic heterocycles. The smallest absolute Gasteiger partial charge is 0.279 e. The highest BCUT2D eigenvalue weighted by molar-refractivity contribution is 6.07. The van der Waals surface area contributed by atoms with E-state index in [9.17, 15) is 14.4 Å². The van der Waals surface area contributed by atoms with Crippen LogP contribution in [-0.2, 0) is 14.4 Å². The molecule has 25 heavy (non-hydrogen) atoms. The highest BCUT2D eigenvalue weighted by Gasteiger charge is 2.61. The summed E-state index contributed by atoms with van der Waals surface area (Å²) in [7, 11) is 0. The van der Waals surface area contributed by atoms with Crippen molar-refractivity contribution in [3.05, 3.63) is 29.8 Å². The van der Waals surface area contributed by atoms with Crippen LogP contribution in [0.15, 0.2) is 24.3 Å². The van der Waals surface area contributed by atoms with E-state index in [0.29, 0.717) is 17.6 Å². The van der Waals surface area contributed by atoms with Gasteiger partial charge in [0.25, 0.3) is 17.7 Å². The number of carbonyl (C=O) groups excluding carboxylic acids is 3. The Morgan fingerprint density at radius 3 is 2.24 bits per heavy atom. The fraction of sp³-hybridized carbons (Fsp3) is 0.526. The lowest BCUT2D eigenvalue weighted by Gasteiger charge is -2.21. The number of nitrogens with one attached hydrogen (secondary N) is 1. The van der Waals surface area contributed by atoms with E-state index in [1.165, 1.54) is 0 Å². The van der Waals surface area contributed by atoms with Gasteiger partial charge in [-0.05, 0) is 57.1 Å². The molecule has 1 heterocycles. The molecule has 1 aliphatic heterocycles. The molecule has 1 aromatic rings. The summed E-state index contributed by atoms with van der Waals surface area (Å²) in [6.07, 6.45) is 2.20. The van der Waals surface area contributed by atoms with Gasteiger partial charge in [-0.15, -0.1) is 0 Å². The van der Waals surface area contributed by atoms with Crippen LogP contribution in [0.3, 0.4) is 0 Å². The van der Waals surface area contributed by atoms with Crippen molar-refractivity contribution < 1.29 is 19.1 Å². The fourth-order valence-corrected chi connectivity index (χ4v) is 4.59. The van der Waals surface area contributed by atoms with Crippen LogP contribution in [0.2, 0.25) is 0 Å². The van der Waals surface area contributed by atoms with Crippen molar-refractivity contribution in [3.63, 3.8) is 0 Å². The second kappa shape index (κ2) is 5.86. The lowest BCUT2D eigenvalue weighted by atomic mass is 9.81. The monoisotopic (exact) mass is 342 g/mol. The van der Waals surface area contributed by atoms with E-state index in [0.717, 1.165) is 29.8 Å². The van der Waals surface area contributed by atoms with E-state index < -0.39 is 12.0 Å². The third-order valence-electron chi connectivity index (χ3n) is 5.85. The van der Waals surface area contributed by atoms with Crippen LogP contribution in [-0.4, -0.2) is 28.8 Å². The predicted molar refractivity (Wildman–Crippen MR) is 89.1 cm³/mol. The summed E-state index contributed by atoms with van der Waals surface area (Å²) in [5.41, 5.74) is 3.57. The fourth-order valence-electron chi connectivity index (χ4n) is 4.59. The number of imide groups is 1. The standard InChI is InChI=1S/C19H22N2O4/c1-10-3-7-14(8-4-10)25-11(2)17(22)20-21-18(23)15-12-5-6-13(9-12)16(15)19(21)24/h3-4,7-8,11-13,15-16H,5-6,9H2,1-2H3,(H,20,22)/t11-,12+,13+,15+,16+/m1/s1. The van der Waals surface area contributed by atoms with Gasteiger partial charge in [0.05, 0.1) is 11.8 Å². The molecule has 3 fully saturated rings. The molecule has 0 radical (unpaired) electrons. The van der Waals surface area contributed by atoms with Gasteiger partial charge in [0.2, 0.25) is 0 Å². The second-order valence-corrected chi connectivity index (χ2v) is 7.45. The van der Waals surface area contributed by atoms with E-state index in [4.69, 9.17) is 4.74 Å². The van der Waals surface area contributed by atoms with Crippen LogP contribution < -0.4 is 10.2 Å². The van der Waals surface area contributed by atoms with Gasteiger partial charge in [-0.1, -0.05) is 17.7 Å². The van der Waals surface area contributed by atoms with Crippen molar-refractivity contribution in [1.29, 1.82) is 0 Å². The van der Waals surface area contributed by atoms with E-state index in [1.54, 1.807) is 19.1 Å². The maximum Gasteiger partial charge on any atom is 0.279 e. The van der Waals surface area contributed by atoms with E-state index >= 15 is 0 Å². The van der Waals surface area contributed by atoms with Crippen LogP contribution in [0.1, 0.15) is 31.7 Å². The number of benzene rings is 1. The van der Waals surface area contributed by atoms with Gasteiger partial charge < -0.3 is 4.74 Å². The number of ether oxygens (including phenoxy) is 1. The van der Waals surface area contributed by atoms with Gasteiger partial charge in [-0.3, -0.25) is 19.8 Å². The van der Waals surface area contributed by atoms with Crippen LogP contribution in [0.25, 0.3) is 0 Å². The molecule has 1 N–H and O–H groups in total. The quantitative estimate of drug-likeness (QED) is 0.847.